The molecule has 0 N–H and O–H groups in total. The highest BCUT2D eigenvalue weighted by Gasteiger charge is 2.13. The lowest BCUT2D eigenvalue weighted by Gasteiger charge is -2.07. The van der Waals surface area contributed by atoms with E-state index in [1.54, 1.807) is 30.3 Å². The van der Waals surface area contributed by atoms with Crippen molar-refractivity contribution in [1.29, 1.82) is 0 Å². The van der Waals surface area contributed by atoms with Crippen molar-refractivity contribution in [2.75, 3.05) is 0 Å². The van der Waals surface area contributed by atoms with E-state index >= 15 is 0 Å². The van der Waals surface area contributed by atoms with Crippen molar-refractivity contribution >= 4 is 39.9 Å². The second kappa shape index (κ2) is 5.76. The molecule has 0 saturated carbocycles. The third-order valence-corrected chi connectivity index (χ3v) is 3.91. The Balaban J connectivity index is 1.91. The maximum absolute atomic E-state index is 12.2. The molecule has 0 heterocycles. The number of halogens is 2. The van der Waals surface area contributed by atoms with Crippen LogP contribution < -0.4 is 4.74 Å². The van der Waals surface area contributed by atoms with Gasteiger partial charge in [-0.15, -0.1) is 0 Å². The molecule has 0 bridgehead atoms. The molecule has 0 fully saturated rings. The maximum Gasteiger partial charge on any atom is 0.343 e. The fourth-order valence-corrected chi connectivity index (χ4v) is 2.37. The van der Waals surface area contributed by atoms with Gasteiger partial charge in [-0.25, -0.2) is 4.79 Å². The summed E-state index contributed by atoms with van der Waals surface area (Å²) in [6.45, 7) is 0. The molecular formula is C17H10Cl2O2. The molecule has 0 aliphatic rings. The highest BCUT2D eigenvalue weighted by molar-refractivity contribution is 6.43. The van der Waals surface area contributed by atoms with Gasteiger partial charge in [0.15, 0.2) is 5.75 Å². The van der Waals surface area contributed by atoms with E-state index in [1.807, 2.05) is 30.3 Å². The van der Waals surface area contributed by atoms with E-state index in [4.69, 9.17) is 27.9 Å². The van der Waals surface area contributed by atoms with Crippen molar-refractivity contribution in [1.82, 2.24) is 0 Å². The average Bonchev–Trinajstić information content (AvgIpc) is 2.51. The molecule has 0 unspecified atom stereocenters. The zero-order chi connectivity index (χ0) is 14.8. The molecule has 0 aromatic heterocycles. The van der Waals surface area contributed by atoms with E-state index in [2.05, 4.69) is 0 Å². The van der Waals surface area contributed by atoms with Crippen LogP contribution in [0.1, 0.15) is 10.4 Å². The van der Waals surface area contributed by atoms with E-state index in [9.17, 15) is 4.79 Å². The Kier molecular flexibility index (Phi) is 3.82. The van der Waals surface area contributed by atoms with Crippen molar-refractivity contribution in [3.05, 3.63) is 76.3 Å². The van der Waals surface area contributed by atoms with E-state index < -0.39 is 5.97 Å². The van der Waals surface area contributed by atoms with Crippen molar-refractivity contribution in [2.24, 2.45) is 0 Å². The van der Waals surface area contributed by atoms with Gasteiger partial charge in [0.2, 0.25) is 0 Å². The Labute approximate surface area is 131 Å². The lowest BCUT2D eigenvalue weighted by molar-refractivity contribution is 0.0735. The summed E-state index contributed by atoms with van der Waals surface area (Å²) in [4.78, 5) is 12.2. The average molecular weight is 317 g/mol. The second-order valence-corrected chi connectivity index (χ2v) is 5.29. The summed E-state index contributed by atoms with van der Waals surface area (Å²) in [6.07, 6.45) is 0. The lowest BCUT2D eigenvalue weighted by Crippen LogP contribution is -2.08. The van der Waals surface area contributed by atoms with Crippen LogP contribution in [0.2, 0.25) is 10.0 Å². The van der Waals surface area contributed by atoms with Gasteiger partial charge in [0.25, 0.3) is 0 Å². The lowest BCUT2D eigenvalue weighted by atomic mass is 10.1. The Hall–Kier alpha value is -2.03. The van der Waals surface area contributed by atoms with Crippen LogP contribution in [0.15, 0.2) is 60.7 Å². The van der Waals surface area contributed by atoms with Crippen LogP contribution in [0.25, 0.3) is 10.8 Å². The Morgan fingerprint density at radius 3 is 2.43 bits per heavy atom. The molecule has 0 aliphatic heterocycles. The largest absolute Gasteiger partial charge is 0.421 e. The quantitative estimate of drug-likeness (QED) is 0.469. The van der Waals surface area contributed by atoms with Gasteiger partial charge in [-0.2, -0.15) is 0 Å². The van der Waals surface area contributed by atoms with Gasteiger partial charge in [0.1, 0.15) is 5.02 Å². The van der Waals surface area contributed by atoms with Gasteiger partial charge in [-0.05, 0) is 35.0 Å². The standard InChI is InChI=1S/C17H10Cl2O2/c18-14-6-3-7-15(16(14)19)21-17(20)13-9-8-11-4-1-2-5-12(11)10-13/h1-10H. The number of esters is 1. The molecular weight excluding hydrogens is 307 g/mol. The third kappa shape index (κ3) is 2.87. The van der Waals surface area contributed by atoms with Crippen molar-refractivity contribution in [3.63, 3.8) is 0 Å². The van der Waals surface area contributed by atoms with E-state index in [1.165, 1.54) is 0 Å². The van der Waals surface area contributed by atoms with Gasteiger partial charge in [-0.1, -0.05) is 59.6 Å². The monoisotopic (exact) mass is 316 g/mol. The number of carbonyl (C=O) groups excluding carboxylic acids is 1. The summed E-state index contributed by atoms with van der Waals surface area (Å²) >= 11 is 11.9. The van der Waals surface area contributed by atoms with Crippen LogP contribution in [0.4, 0.5) is 0 Å². The van der Waals surface area contributed by atoms with E-state index in [-0.39, 0.29) is 10.8 Å². The minimum atomic E-state index is -0.468. The van der Waals surface area contributed by atoms with Crippen LogP contribution in [0.5, 0.6) is 5.75 Å². The Morgan fingerprint density at radius 2 is 1.62 bits per heavy atom. The first-order valence-electron chi connectivity index (χ1n) is 6.30. The second-order valence-electron chi connectivity index (χ2n) is 4.50. The Bertz CT molecular complexity index is 828. The SMILES string of the molecule is O=C(Oc1cccc(Cl)c1Cl)c1ccc2ccccc2c1. The van der Waals surface area contributed by atoms with Crippen molar-refractivity contribution in [2.45, 2.75) is 0 Å². The van der Waals surface area contributed by atoms with Gasteiger partial charge < -0.3 is 4.74 Å². The van der Waals surface area contributed by atoms with Crippen LogP contribution in [-0.4, -0.2) is 5.97 Å². The molecule has 21 heavy (non-hydrogen) atoms. The van der Waals surface area contributed by atoms with Crippen molar-refractivity contribution < 1.29 is 9.53 Å². The molecule has 0 aliphatic carbocycles. The van der Waals surface area contributed by atoms with Gasteiger partial charge in [0, 0.05) is 0 Å². The first kappa shape index (κ1) is 13.9. The Morgan fingerprint density at radius 1 is 0.857 bits per heavy atom. The smallest absolute Gasteiger partial charge is 0.343 e. The molecule has 3 aromatic rings. The molecule has 0 radical (unpaired) electrons. The normalized spacial score (nSPS) is 10.6. The molecule has 3 rings (SSSR count). The molecule has 104 valence electrons. The number of benzene rings is 3. The van der Waals surface area contributed by atoms with Gasteiger partial charge in [0.05, 0.1) is 10.6 Å². The number of fused-ring (bicyclic) bond motifs is 1. The van der Waals surface area contributed by atoms with Crippen molar-refractivity contribution in [3.8, 4) is 5.75 Å². The van der Waals surface area contributed by atoms with Crippen LogP contribution in [0, 0.1) is 0 Å². The fraction of sp³-hybridized carbons (Fsp3) is 0. The predicted octanol–water partition coefficient (Wildman–Crippen LogP) is 5.37. The molecule has 0 atom stereocenters. The van der Waals surface area contributed by atoms with E-state index in [0.717, 1.165) is 10.8 Å². The zero-order valence-electron chi connectivity index (χ0n) is 10.8. The maximum atomic E-state index is 12.2. The first-order chi connectivity index (χ1) is 10.1. The summed E-state index contributed by atoms with van der Waals surface area (Å²) in [5.41, 5.74) is 0.463. The number of carbonyl (C=O) groups is 1. The molecule has 4 heteroatoms. The van der Waals surface area contributed by atoms with Gasteiger partial charge in [-0.3, -0.25) is 0 Å². The molecule has 3 aromatic carbocycles. The first-order valence-corrected chi connectivity index (χ1v) is 7.06. The summed E-state index contributed by atoms with van der Waals surface area (Å²) < 4.78 is 5.31. The third-order valence-electron chi connectivity index (χ3n) is 3.10. The van der Waals surface area contributed by atoms with Crippen LogP contribution in [0.3, 0.4) is 0 Å². The molecule has 2 nitrogen and oxygen atoms in total. The summed E-state index contributed by atoms with van der Waals surface area (Å²) in [5.74, 6) is -0.216. The molecule has 0 amide bonds. The minimum Gasteiger partial charge on any atom is -0.421 e. The summed E-state index contributed by atoms with van der Waals surface area (Å²) in [6, 6.07) is 18.1. The number of hydrogen-bond donors (Lipinski definition) is 0. The van der Waals surface area contributed by atoms with Crippen LogP contribution in [-0.2, 0) is 0 Å². The fourth-order valence-electron chi connectivity index (χ4n) is 2.04. The summed E-state index contributed by atoms with van der Waals surface area (Å²) in [5, 5.41) is 2.62. The molecule has 0 saturated heterocycles. The number of ether oxygens (including phenoxy) is 1. The van der Waals surface area contributed by atoms with Crippen LogP contribution >= 0.6 is 23.2 Å². The number of hydrogen-bond acceptors (Lipinski definition) is 2. The minimum absolute atomic E-state index is 0.230. The number of rotatable bonds is 2. The summed E-state index contributed by atoms with van der Waals surface area (Å²) in [7, 11) is 0. The molecule has 0 spiro atoms. The van der Waals surface area contributed by atoms with E-state index in [0.29, 0.717) is 10.6 Å². The van der Waals surface area contributed by atoms with Gasteiger partial charge >= 0.3 is 5.97 Å². The zero-order valence-corrected chi connectivity index (χ0v) is 12.4. The predicted molar refractivity (Wildman–Crippen MR) is 85.4 cm³/mol. The highest BCUT2D eigenvalue weighted by atomic mass is 35.5. The topological polar surface area (TPSA) is 26.3 Å². The highest BCUT2D eigenvalue weighted by Crippen LogP contribution is 2.32.